The fraction of sp³-hybridized carbons (Fsp3) is 0.938. The standard InChI is InChI=1S/C16H30N2O3S/c1-12-8-13(2)10-18(9-12)16(19)11-17(3)14-6-5-7-15(14)22(4,20)21/h12-15H,5-11H2,1-4H3/t12-,13+,14-,15-/m0/s1. The number of amides is 1. The van der Waals surface area contributed by atoms with Crippen LogP contribution in [0.4, 0.5) is 0 Å². The van der Waals surface area contributed by atoms with Gasteiger partial charge in [-0.2, -0.15) is 0 Å². The number of likely N-dealkylation sites (tertiary alicyclic amines) is 1. The molecule has 128 valence electrons. The average molecular weight is 330 g/mol. The Bertz CT molecular complexity index is 496. The fourth-order valence-electron chi connectivity index (χ4n) is 4.21. The van der Waals surface area contributed by atoms with Gasteiger partial charge in [0.15, 0.2) is 9.84 Å². The Balaban J connectivity index is 1.96. The zero-order valence-electron chi connectivity index (χ0n) is 14.3. The van der Waals surface area contributed by atoms with Crippen molar-refractivity contribution in [2.75, 3.05) is 32.9 Å². The summed E-state index contributed by atoms with van der Waals surface area (Å²) in [5.41, 5.74) is 0. The number of hydrogen-bond acceptors (Lipinski definition) is 4. The highest BCUT2D eigenvalue weighted by atomic mass is 32.2. The summed E-state index contributed by atoms with van der Waals surface area (Å²) in [6, 6.07) is -0.0152. The van der Waals surface area contributed by atoms with Gasteiger partial charge < -0.3 is 4.90 Å². The van der Waals surface area contributed by atoms with Crippen LogP contribution >= 0.6 is 0 Å². The maximum Gasteiger partial charge on any atom is 0.236 e. The fourth-order valence-corrected chi connectivity index (χ4v) is 5.72. The first-order valence-electron chi connectivity index (χ1n) is 8.35. The van der Waals surface area contributed by atoms with Gasteiger partial charge in [-0.3, -0.25) is 9.69 Å². The van der Waals surface area contributed by atoms with E-state index in [-0.39, 0.29) is 17.2 Å². The molecule has 0 aromatic heterocycles. The summed E-state index contributed by atoms with van der Waals surface area (Å²) in [6.45, 7) is 6.37. The monoisotopic (exact) mass is 330 g/mol. The Labute approximate surface area is 135 Å². The van der Waals surface area contributed by atoms with Crippen molar-refractivity contribution in [3.05, 3.63) is 0 Å². The van der Waals surface area contributed by atoms with Crippen LogP contribution in [0.25, 0.3) is 0 Å². The highest BCUT2D eigenvalue weighted by molar-refractivity contribution is 7.91. The molecule has 1 amide bonds. The highest BCUT2D eigenvalue weighted by Gasteiger charge is 2.38. The van der Waals surface area contributed by atoms with Gasteiger partial charge in [0.25, 0.3) is 0 Å². The minimum Gasteiger partial charge on any atom is -0.341 e. The number of sulfone groups is 1. The third-order valence-corrected chi connectivity index (χ3v) is 6.79. The molecule has 0 spiro atoms. The number of rotatable bonds is 4. The third kappa shape index (κ3) is 4.22. The van der Waals surface area contributed by atoms with Crippen LogP contribution < -0.4 is 0 Å². The Morgan fingerprint density at radius 3 is 2.32 bits per heavy atom. The van der Waals surface area contributed by atoms with Gasteiger partial charge in [0, 0.05) is 25.4 Å². The first-order chi connectivity index (χ1) is 10.2. The van der Waals surface area contributed by atoms with Crippen molar-refractivity contribution < 1.29 is 13.2 Å². The third-order valence-electron chi connectivity index (χ3n) is 5.14. The Morgan fingerprint density at radius 2 is 1.77 bits per heavy atom. The molecule has 1 aliphatic carbocycles. The highest BCUT2D eigenvalue weighted by Crippen LogP contribution is 2.29. The minimum atomic E-state index is -3.04. The second-order valence-corrected chi connectivity index (χ2v) is 9.79. The lowest BCUT2D eigenvalue weighted by atomic mass is 9.92. The Kier molecular flexibility index (Phi) is 5.54. The molecule has 2 aliphatic rings. The van der Waals surface area contributed by atoms with Crippen molar-refractivity contribution in [3.63, 3.8) is 0 Å². The van der Waals surface area contributed by atoms with E-state index in [1.165, 1.54) is 12.7 Å². The lowest BCUT2D eigenvalue weighted by molar-refractivity contribution is -0.135. The molecule has 0 N–H and O–H groups in total. The van der Waals surface area contributed by atoms with Crippen molar-refractivity contribution >= 4 is 15.7 Å². The number of nitrogens with zero attached hydrogens (tertiary/aromatic N) is 2. The maximum atomic E-state index is 12.5. The molecule has 0 unspecified atom stereocenters. The quantitative estimate of drug-likeness (QED) is 0.781. The van der Waals surface area contributed by atoms with Gasteiger partial charge in [0.2, 0.25) is 5.91 Å². The number of carbonyl (C=O) groups is 1. The molecule has 22 heavy (non-hydrogen) atoms. The number of piperidine rings is 1. The molecule has 1 saturated heterocycles. The molecule has 0 aromatic rings. The molecular weight excluding hydrogens is 300 g/mol. The van der Waals surface area contributed by atoms with E-state index in [1.807, 2.05) is 16.8 Å². The van der Waals surface area contributed by atoms with Crippen LogP contribution in [0, 0.1) is 11.8 Å². The summed E-state index contributed by atoms with van der Waals surface area (Å²) in [7, 11) is -1.15. The minimum absolute atomic E-state index is 0.0152. The molecule has 0 radical (unpaired) electrons. The van der Waals surface area contributed by atoms with Gasteiger partial charge in [-0.05, 0) is 38.1 Å². The van der Waals surface area contributed by atoms with Crippen LogP contribution in [-0.4, -0.2) is 68.4 Å². The van der Waals surface area contributed by atoms with E-state index in [4.69, 9.17) is 0 Å². The lowest BCUT2D eigenvalue weighted by Gasteiger charge is -2.37. The largest absolute Gasteiger partial charge is 0.341 e. The molecular formula is C16H30N2O3S. The summed E-state index contributed by atoms with van der Waals surface area (Å²) >= 11 is 0. The van der Waals surface area contributed by atoms with Gasteiger partial charge in [0.05, 0.1) is 11.8 Å². The molecule has 2 rings (SSSR count). The van der Waals surface area contributed by atoms with E-state index in [0.717, 1.165) is 32.4 Å². The van der Waals surface area contributed by atoms with Crippen LogP contribution in [0.2, 0.25) is 0 Å². The van der Waals surface area contributed by atoms with Crippen LogP contribution in [-0.2, 0) is 14.6 Å². The Morgan fingerprint density at radius 1 is 1.18 bits per heavy atom. The topological polar surface area (TPSA) is 57.7 Å². The van der Waals surface area contributed by atoms with Crippen molar-refractivity contribution in [2.45, 2.75) is 50.8 Å². The second kappa shape index (κ2) is 6.87. The van der Waals surface area contributed by atoms with E-state index < -0.39 is 9.84 Å². The van der Waals surface area contributed by atoms with E-state index in [1.54, 1.807) is 0 Å². The predicted octanol–water partition coefficient (Wildman–Crippen LogP) is 1.39. The SMILES string of the molecule is C[C@@H]1C[C@H](C)CN(C(=O)CN(C)[C@H]2CCC[C@@H]2S(C)(=O)=O)C1. The second-order valence-electron chi connectivity index (χ2n) is 7.53. The predicted molar refractivity (Wildman–Crippen MR) is 88.4 cm³/mol. The smallest absolute Gasteiger partial charge is 0.236 e. The van der Waals surface area contributed by atoms with Crippen molar-refractivity contribution in [2.24, 2.45) is 11.8 Å². The van der Waals surface area contributed by atoms with Gasteiger partial charge >= 0.3 is 0 Å². The zero-order valence-corrected chi connectivity index (χ0v) is 15.1. The summed E-state index contributed by atoms with van der Waals surface area (Å²) in [5, 5.41) is -0.315. The maximum absolute atomic E-state index is 12.5. The van der Waals surface area contributed by atoms with Crippen LogP contribution in [0.1, 0.15) is 39.5 Å². The van der Waals surface area contributed by atoms with E-state index in [0.29, 0.717) is 18.4 Å². The summed E-state index contributed by atoms with van der Waals surface area (Å²) in [6.07, 6.45) is 5.02. The van der Waals surface area contributed by atoms with Gasteiger partial charge in [0.1, 0.15) is 0 Å². The molecule has 0 bridgehead atoms. The molecule has 5 nitrogen and oxygen atoms in total. The van der Waals surface area contributed by atoms with Crippen molar-refractivity contribution in [1.29, 1.82) is 0 Å². The van der Waals surface area contributed by atoms with E-state index in [2.05, 4.69) is 13.8 Å². The summed E-state index contributed by atoms with van der Waals surface area (Å²) < 4.78 is 23.8. The van der Waals surface area contributed by atoms with Gasteiger partial charge in [-0.15, -0.1) is 0 Å². The molecule has 2 fully saturated rings. The summed E-state index contributed by atoms with van der Waals surface area (Å²) in [4.78, 5) is 16.5. The van der Waals surface area contributed by atoms with E-state index >= 15 is 0 Å². The van der Waals surface area contributed by atoms with Gasteiger partial charge in [-0.1, -0.05) is 20.3 Å². The number of likely N-dealkylation sites (N-methyl/N-ethyl adjacent to an activating group) is 1. The van der Waals surface area contributed by atoms with Gasteiger partial charge in [-0.25, -0.2) is 8.42 Å². The molecule has 1 heterocycles. The van der Waals surface area contributed by atoms with E-state index in [9.17, 15) is 13.2 Å². The van der Waals surface area contributed by atoms with Crippen molar-refractivity contribution in [3.8, 4) is 0 Å². The first-order valence-corrected chi connectivity index (χ1v) is 10.3. The molecule has 1 aliphatic heterocycles. The number of hydrogen-bond donors (Lipinski definition) is 0. The molecule has 0 aromatic carbocycles. The molecule has 4 atom stereocenters. The van der Waals surface area contributed by atoms with Crippen LogP contribution in [0.3, 0.4) is 0 Å². The van der Waals surface area contributed by atoms with Crippen LogP contribution in [0.5, 0.6) is 0 Å². The lowest BCUT2D eigenvalue weighted by Crippen LogP contribution is -2.50. The number of carbonyl (C=O) groups excluding carboxylic acids is 1. The molecule has 1 saturated carbocycles. The zero-order chi connectivity index (χ0) is 16.5. The average Bonchev–Trinajstić information content (AvgIpc) is 2.86. The normalized spacial score (nSPS) is 33.4. The Hall–Kier alpha value is -0.620. The molecule has 6 heteroatoms. The first kappa shape index (κ1) is 17.7. The van der Waals surface area contributed by atoms with Crippen molar-refractivity contribution in [1.82, 2.24) is 9.80 Å². The van der Waals surface area contributed by atoms with Crippen LogP contribution in [0.15, 0.2) is 0 Å². The summed E-state index contributed by atoms with van der Waals surface area (Å²) in [5.74, 6) is 1.24.